The van der Waals surface area contributed by atoms with Crippen molar-refractivity contribution in [1.82, 2.24) is 10.2 Å². The van der Waals surface area contributed by atoms with Gasteiger partial charge in [-0.1, -0.05) is 54.1 Å². The van der Waals surface area contributed by atoms with Crippen molar-refractivity contribution in [2.24, 2.45) is 0 Å². The molecule has 0 bridgehead atoms. The number of carbonyl (C=O) groups is 2. The number of para-hydroxylation sites is 2. The van der Waals surface area contributed by atoms with E-state index in [0.29, 0.717) is 23.9 Å². The maximum absolute atomic E-state index is 13.9. The second-order valence-electron chi connectivity index (χ2n) is 8.44. The standard InChI is InChI=1S/C28H32ClN3O5S/c1-4-30-28(34)21(3)31(19-22-11-7-6-8-12-22)27(33)20-32(25-13-9-10-14-26(25)37-5-2)38(35,36)24-17-15-23(29)16-18-24/h6-18,21H,4-5,19-20H2,1-3H3,(H,30,34). The van der Waals surface area contributed by atoms with Gasteiger partial charge in [-0.3, -0.25) is 13.9 Å². The molecule has 8 nitrogen and oxygen atoms in total. The molecule has 0 fully saturated rings. The van der Waals surface area contributed by atoms with E-state index in [2.05, 4.69) is 5.32 Å². The monoisotopic (exact) mass is 557 g/mol. The summed E-state index contributed by atoms with van der Waals surface area (Å²) in [7, 11) is -4.22. The third kappa shape index (κ3) is 7.05. The number of rotatable bonds is 12. The Hall–Kier alpha value is -3.56. The molecular weight excluding hydrogens is 526 g/mol. The van der Waals surface area contributed by atoms with E-state index in [4.69, 9.17) is 16.3 Å². The highest BCUT2D eigenvalue weighted by molar-refractivity contribution is 7.92. The number of nitrogens with one attached hydrogen (secondary N) is 1. The molecule has 1 unspecified atom stereocenters. The molecule has 0 saturated carbocycles. The van der Waals surface area contributed by atoms with E-state index in [9.17, 15) is 18.0 Å². The lowest BCUT2D eigenvalue weighted by Crippen LogP contribution is -2.51. The number of anilines is 1. The zero-order chi connectivity index (χ0) is 27.7. The summed E-state index contributed by atoms with van der Waals surface area (Å²) < 4.78 is 34.5. The molecule has 38 heavy (non-hydrogen) atoms. The lowest BCUT2D eigenvalue weighted by atomic mass is 10.1. The molecule has 2 amide bonds. The van der Waals surface area contributed by atoms with Crippen LogP contribution in [0.5, 0.6) is 5.75 Å². The molecule has 10 heteroatoms. The highest BCUT2D eigenvalue weighted by atomic mass is 35.5. The van der Waals surface area contributed by atoms with Crippen molar-refractivity contribution in [3.05, 3.63) is 89.4 Å². The van der Waals surface area contributed by atoms with Crippen LogP contribution in [0.1, 0.15) is 26.3 Å². The third-order valence-electron chi connectivity index (χ3n) is 5.83. The van der Waals surface area contributed by atoms with Crippen LogP contribution in [0.25, 0.3) is 0 Å². The Morgan fingerprint density at radius 1 is 0.947 bits per heavy atom. The van der Waals surface area contributed by atoms with Gasteiger partial charge in [0.15, 0.2) is 0 Å². The van der Waals surface area contributed by atoms with Crippen molar-refractivity contribution < 1.29 is 22.7 Å². The van der Waals surface area contributed by atoms with Gasteiger partial charge in [-0.2, -0.15) is 0 Å². The molecule has 0 saturated heterocycles. The number of amides is 2. The Morgan fingerprint density at radius 3 is 2.21 bits per heavy atom. The third-order valence-corrected chi connectivity index (χ3v) is 7.85. The molecule has 1 atom stereocenters. The SMILES string of the molecule is CCNC(=O)C(C)N(Cc1ccccc1)C(=O)CN(c1ccccc1OCC)S(=O)(=O)c1ccc(Cl)cc1. The molecule has 0 heterocycles. The number of benzene rings is 3. The molecule has 0 aromatic heterocycles. The fourth-order valence-electron chi connectivity index (χ4n) is 3.87. The van der Waals surface area contributed by atoms with E-state index in [-0.39, 0.29) is 23.0 Å². The molecule has 1 N–H and O–H groups in total. The Bertz CT molecular complexity index is 1330. The zero-order valence-electron chi connectivity index (χ0n) is 21.6. The predicted octanol–water partition coefficient (Wildman–Crippen LogP) is 4.49. The highest BCUT2D eigenvalue weighted by Crippen LogP contribution is 2.33. The van der Waals surface area contributed by atoms with Gasteiger partial charge in [0.05, 0.1) is 17.2 Å². The summed E-state index contributed by atoms with van der Waals surface area (Å²) in [5.74, 6) is -0.568. The first kappa shape index (κ1) is 29.0. The molecule has 3 rings (SSSR count). The first-order chi connectivity index (χ1) is 18.2. The molecule has 0 radical (unpaired) electrons. The van der Waals surface area contributed by atoms with Crippen molar-refractivity contribution in [2.75, 3.05) is 24.0 Å². The average Bonchev–Trinajstić information content (AvgIpc) is 2.91. The molecule has 0 aliphatic heterocycles. The van der Waals surface area contributed by atoms with Crippen molar-refractivity contribution >= 4 is 39.1 Å². The largest absolute Gasteiger partial charge is 0.492 e. The molecular formula is C28H32ClN3O5S. The van der Waals surface area contributed by atoms with E-state index < -0.39 is 28.5 Å². The lowest BCUT2D eigenvalue weighted by molar-refractivity contribution is -0.139. The van der Waals surface area contributed by atoms with E-state index in [1.807, 2.05) is 30.3 Å². The molecule has 3 aromatic carbocycles. The number of halogens is 1. The van der Waals surface area contributed by atoms with Crippen molar-refractivity contribution in [1.29, 1.82) is 0 Å². The Balaban J connectivity index is 2.07. The van der Waals surface area contributed by atoms with Gasteiger partial charge in [0, 0.05) is 18.1 Å². The summed E-state index contributed by atoms with van der Waals surface area (Å²) in [6.45, 7) is 5.47. The van der Waals surface area contributed by atoms with Gasteiger partial charge in [-0.15, -0.1) is 0 Å². The maximum atomic E-state index is 13.9. The Labute approximate surface area is 229 Å². The number of likely N-dealkylation sites (N-methyl/N-ethyl adjacent to an activating group) is 1. The van der Waals surface area contributed by atoms with Crippen LogP contribution in [0.4, 0.5) is 5.69 Å². The highest BCUT2D eigenvalue weighted by Gasteiger charge is 2.33. The summed E-state index contributed by atoms with van der Waals surface area (Å²) in [4.78, 5) is 28.0. The van der Waals surface area contributed by atoms with E-state index in [1.165, 1.54) is 29.2 Å². The van der Waals surface area contributed by atoms with Crippen molar-refractivity contribution in [2.45, 2.75) is 38.3 Å². The fourth-order valence-corrected chi connectivity index (χ4v) is 5.42. The first-order valence-electron chi connectivity index (χ1n) is 12.3. The van der Waals surface area contributed by atoms with Gasteiger partial charge in [0.1, 0.15) is 18.3 Å². The molecule has 0 aliphatic carbocycles. The van der Waals surface area contributed by atoms with Gasteiger partial charge in [-0.05, 0) is 62.7 Å². The quantitative estimate of drug-likeness (QED) is 0.354. The summed E-state index contributed by atoms with van der Waals surface area (Å²) in [6.07, 6.45) is 0. The first-order valence-corrected chi connectivity index (χ1v) is 14.1. The normalized spacial score (nSPS) is 11.9. The summed E-state index contributed by atoms with van der Waals surface area (Å²) >= 11 is 5.99. The Kier molecular flexibility index (Phi) is 10.2. The summed E-state index contributed by atoms with van der Waals surface area (Å²) in [5.41, 5.74) is 1.02. The van der Waals surface area contributed by atoms with Gasteiger partial charge in [-0.25, -0.2) is 8.42 Å². The topological polar surface area (TPSA) is 96.0 Å². The van der Waals surface area contributed by atoms with Gasteiger partial charge in [0.2, 0.25) is 11.8 Å². The van der Waals surface area contributed by atoms with Crippen LogP contribution in [0.2, 0.25) is 5.02 Å². The van der Waals surface area contributed by atoms with Crippen LogP contribution in [0.15, 0.2) is 83.8 Å². The average molecular weight is 558 g/mol. The lowest BCUT2D eigenvalue weighted by Gasteiger charge is -2.32. The maximum Gasteiger partial charge on any atom is 0.264 e. The number of nitrogens with zero attached hydrogens (tertiary/aromatic N) is 2. The number of sulfonamides is 1. The molecule has 3 aromatic rings. The second kappa shape index (κ2) is 13.3. The minimum absolute atomic E-state index is 0.0348. The van der Waals surface area contributed by atoms with Crippen LogP contribution in [-0.4, -0.2) is 50.9 Å². The number of hydrogen-bond acceptors (Lipinski definition) is 5. The van der Waals surface area contributed by atoms with Crippen molar-refractivity contribution in [3.63, 3.8) is 0 Å². The van der Waals surface area contributed by atoms with Gasteiger partial charge in [0.25, 0.3) is 10.0 Å². The van der Waals surface area contributed by atoms with Crippen LogP contribution in [0.3, 0.4) is 0 Å². The zero-order valence-corrected chi connectivity index (χ0v) is 23.2. The minimum atomic E-state index is -4.22. The van der Waals surface area contributed by atoms with E-state index in [0.717, 1.165) is 9.87 Å². The smallest absolute Gasteiger partial charge is 0.264 e. The van der Waals surface area contributed by atoms with Crippen LogP contribution >= 0.6 is 11.6 Å². The number of hydrogen-bond donors (Lipinski definition) is 1. The van der Waals surface area contributed by atoms with Gasteiger partial charge < -0.3 is 15.0 Å². The minimum Gasteiger partial charge on any atom is -0.492 e. The number of carbonyl (C=O) groups excluding carboxylic acids is 2. The molecule has 202 valence electrons. The van der Waals surface area contributed by atoms with Crippen LogP contribution < -0.4 is 14.4 Å². The second-order valence-corrected chi connectivity index (χ2v) is 10.7. The predicted molar refractivity (Wildman–Crippen MR) is 149 cm³/mol. The molecule has 0 aliphatic rings. The van der Waals surface area contributed by atoms with E-state index in [1.54, 1.807) is 45.0 Å². The van der Waals surface area contributed by atoms with Crippen LogP contribution in [0, 0.1) is 0 Å². The summed E-state index contributed by atoms with van der Waals surface area (Å²) in [5, 5.41) is 3.12. The molecule has 0 spiro atoms. The number of ether oxygens (including phenoxy) is 1. The van der Waals surface area contributed by atoms with E-state index >= 15 is 0 Å². The van der Waals surface area contributed by atoms with Crippen LogP contribution in [-0.2, 0) is 26.2 Å². The summed E-state index contributed by atoms with van der Waals surface area (Å²) in [6, 6.07) is 20.7. The van der Waals surface area contributed by atoms with Crippen molar-refractivity contribution in [3.8, 4) is 5.75 Å². The Morgan fingerprint density at radius 2 is 1.58 bits per heavy atom. The fraction of sp³-hybridized carbons (Fsp3) is 0.286. The van der Waals surface area contributed by atoms with Gasteiger partial charge >= 0.3 is 0 Å².